The van der Waals surface area contributed by atoms with Gasteiger partial charge in [-0.1, -0.05) is 57.2 Å². The molecule has 0 aliphatic carbocycles. The molecule has 1 heterocycles. The minimum Gasteiger partial charge on any atom is -0.493 e. The summed E-state index contributed by atoms with van der Waals surface area (Å²) in [5, 5.41) is 2.52. The topological polar surface area (TPSA) is 125 Å². The SMILES string of the molecule is COc1ccccc1Oc1c(NS(=O)(=O)c2ccc(C(C)(C)C)cc2)cccc1OCCOC(=O)Nc1ccccn1. The molecule has 0 radical (unpaired) electrons. The highest BCUT2D eigenvalue weighted by atomic mass is 32.2. The van der Waals surface area contributed by atoms with Crippen molar-refractivity contribution in [2.45, 2.75) is 31.1 Å². The number of pyridine rings is 1. The molecule has 1 aromatic heterocycles. The predicted octanol–water partition coefficient (Wildman–Crippen LogP) is 6.61. The van der Waals surface area contributed by atoms with Crippen LogP contribution in [0, 0.1) is 0 Å². The van der Waals surface area contributed by atoms with Crippen LogP contribution in [0.2, 0.25) is 0 Å². The lowest BCUT2D eigenvalue weighted by atomic mass is 9.87. The minimum absolute atomic E-state index is 0.0393. The maximum Gasteiger partial charge on any atom is 0.412 e. The number of anilines is 2. The van der Waals surface area contributed by atoms with Gasteiger partial charge in [-0.2, -0.15) is 0 Å². The Morgan fingerprint density at radius 1 is 0.833 bits per heavy atom. The van der Waals surface area contributed by atoms with E-state index in [0.29, 0.717) is 17.3 Å². The standard InChI is InChI=1S/C31H33N3O7S/c1-31(2,3)22-15-17-23(18-16-22)42(36,37)34-24-10-9-13-27(29(24)41-26-12-6-5-11-25(26)38-4)39-20-21-40-30(35)33-28-14-7-8-19-32-28/h5-19,34H,20-21H2,1-4H3,(H,32,33,35). The number of ether oxygens (including phenoxy) is 4. The fraction of sp³-hybridized carbons (Fsp3) is 0.226. The molecule has 42 heavy (non-hydrogen) atoms. The van der Waals surface area contributed by atoms with Crippen molar-refractivity contribution >= 4 is 27.6 Å². The zero-order valence-corrected chi connectivity index (χ0v) is 24.6. The molecular formula is C31H33N3O7S. The molecule has 0 aliphatic heterocycles. The summed E-state index contributed by atoms with van der Waals surface area (Å²) in [6, 6.07) is 23.6. The number of benzene rings is 3. The highest BCUT2D eigenvalue weighted by Gasteiger charge is 2.22. The van der Waals surface area contributed by atoms with E-state index in [2.05, 4.69) is 35.8 Å². The van der Waals surface area contributed by atoms with Gasteiger partial charge in [-0.25, -0.2) is 18.2 Å². The van der Waals surface area contributed by atoms with Crippen molar-refractivity contribution in [1.29, 1.82) is 0 Å². The summed E-state index contributed by atoms with van der Waals surface area (Å²) in [7, 11) is -2.49. The van der Waals surface area contributed by atoms with Gasteiger partial charge in [0, 0.05) is 6.20 Å². The van der Waals surface area contributed by atoms with Gasteiger partial charge in [0.15, 0.2) is 23.0 Å². The van der Waals surface area contributed by atoms with Crippen molar-refractivity contribution in [2.75, 3.05) is 30.4 Å². The third kappa shape index (κ3) is 7.91. The number of hydrogen-bond acceptors (Lipinski definition) is 8. The quantitative estimate of drug-likeness (QED) is 0.187. The molecule has 0 spiro atoms. The molecule has 4 rings (SSSR count). The predicted molar refractivity (Wildman–Crippen MR) is 160 cm³/mol. The lowest BCUT2D eigenvalue weighted by Crippen LogP contribution is -2.18. The third-order valence-corrected chi connectivity index (χ3v) is 7.39. The van der Waals surface area contributed by atoms with Crippen molar-refractivity contribution in [1.82, 2.24) is 4.98 Å². The van der Waals surface area contributed by atoms with Gasteiger partial charge < -0.3 is 18.9 Å². The van der Waals surface area contributed by atoms with E-state index in [-0.39, 0.29) is 40.7 Å². The van der Waals surface area contributed by atoms with Crippen LogP contribution in [0.1, 0.15) is 26.3 Å². The molecule has 0 aliphatic rings. The molecule has 4 aromatic rings. The maximum absolute atomic E-state index is 13.4. The molecule has 2 N–H and O–H groups in total. The number of carbonyl (C=O) groups is 1. The fourth-order valence-corrected chi connectivity index (χ4v) is 4.89. The van der Waals surface area contributed by atoms with E-state index in [9.17, 15) is 13.2 Å². The molecule has 1 amide bonds. The Morgan fingerprint density at radius 2 is 1.52 bits per heavy atom. The first-order valence-corrected chi connectivity index (χ1v) is 14.6. The van der Waals surface area contributed by atoms with E-state index in [4.69, 9.17) is 18.9 Å². The Morgan fingerprint density at radius 3 is 2.19 bits per heavy atom. The van der Waals surface area contributed by atoms with Gasteiger partial charge in [0.25, 0.3) is 10.0 Å². The van der Waals surface area contributed by atoms with Crippen LogP contribution < -0.4 is 24.2 Å². The van der Waals surface area contributed by atoms with Gasteiger partial charge in [-0.15, -0.1) is 0 Å². The van der Waals surface area contributed by atoms with Gasteiger partial charge in [-0.05, 0) is 59.5 Å². The number of para-hydroxylation sites is 3. The van der Waals surface area contributed by atoms with Crippen molar-refractivity contribution < 1.29 is 32.2 Å². The summed E-state index contributed by atoms with van der Waals surface area (Å²) < 4.78 is 52.0. The Bertz CT molecular complexity index is 1600. The van der Waals surface area contributed by atoms with Crippen molar-refractivity contribution in [2.24, 2.45) is 0 Å². The number of carbonyl (C=O) groups excluding carboxylic acids is 1. The number of sulfonamides is 1. The van der Waals surface area contributed by atoms with Crippen molar-refractivity contribution in [3.63, 3.8) is 0 Å². The molecule has 0 bridgehead atoms. The highest BCUT2D eigenvalue weighted by molar-refractivity contribution is 7.92. The monoisotopic (exact) mass is 591 g/mol. The average Bonchev–Trinajstić information content (AvgIpc) is 2.97. The van der Waals surface area contributed by atoms with Gasteiger partial charge in [0.05, 0.1) is 17.7 Å². The Hall–Kier alpha value is -4.77. The minimum atomic E-state index is -3.99. The van der Waals surface area contributed by atoms with Gasteiger partial charge >= 0.3 is 6.09 Å². The largest absolute Gasteiger partial charge is 0.493 e. The normalized spacial score (nSPS) is 11.3. The summed E-state index contributed by atoms with van der Waals surface area (Å²) in [5.74, 6) is 1.46. The third-order valence-electron chi connectivity index (χ3n) is 6.00. The Balaban J connectivity index is 1.55. The van der Waals surface area contributed by atoms with E-state index in [1.165, 1.54) is 7.11 Å². The molecule has 0 saturated carbocycles. The van der Waals surface area contributed by atoms with Crippen LogP contribution in [0.15, 0.2) is 96.0 Å². The number of hydrogen-bond donors (Lipinski definition) is 2. The second-order valence-corrected chi connectivity index (χ2v) is 11.8. The number of methoxy groups -OCH3 is 1. The van der Waals surface area contributed by atoms with E-state index in [0.717, 1.165) is 5.56 Å². The highest BCUT2D eigenvalue weighted by Crippen LogP contribution is 2.42. The molecule has 0 unspecified atom stereocenters. The zero-order valence-electron chi connectivity index (χ0n) is 23.8. The van der Waals surface area contributed by atoms with Gasteiger partial charge in [0.1, 0.15) is 19.0 Å². The van der Waals surface area contributed by atoms with E-state index in [1.54, 1.807) is 91.1 Å². The van der Waals surface area contributed by atoms with Crippen molar-refractivity contribution in [3.05, 3.63) is 96.7 Å². The molecule has 0 fully saturated rings. The number of nitrogens with one attached hydrogen (secondary N) is 2. The molecule has 220 valence electrons. The molecule has 0 saturated heterocycles. The number of amides is 1. The lowest BCUT2D eigenvalue weighted by Gasteiger charge is -2.20. The summed E-state index contributed by atoms with van der Waals surface area (Å²) in [6.45, 7) is 6.03. The molecule has 11 heteroatoms. The number of nitrogens with zero attached hydrogens (tertiary/aromatic N) is 1. The Kier molecular flexibility index (Phi) is 9.53. The zero-order chi connectivity index (χ0) is 30.2. The fourth-order valence-electron chi connectivity index (χ4n) is 3.83. The first-order chi connectivity index (χ1) is 20.1. The van der Waals surface area contributed by atoms with Crippen molar-refractivity contribution in [3.8, 4) is 23.0 Å². The number of rotatable bonds is 11. The summed E-state index contributed by atoms with van der Waals surface area (Å²) >= 11 is 0. The first-order valence-electron chi connectivity index (χ1n) is 13.1. The van der Waals surface area contributed by atoms with Crippen LogP contribution in [-0.4, -0.2) is 39.8 Å². The van der Waals surface area contributed by atoms with Crippen LogP contribution >= 0.6 is 0 Å². The summed E-state index contributed by atoms with van der Waals surface area (Å²) in [5.41, 5.74) is 1.03. The second kappa shape index (κ2) is 13.3. The maximum atomic E-state index is 13.4. The summed E-state index contributed by atoms with van der Waals surface area (Å²) in [6.07, 6.45) is 0.853. The lowest BCUT2D eigenvalue weighted by molar-refractivity contribution is 0.137. The van der Waals surface area contributed by atoms with Gasteiger partial charge in [0.2, 0.25) is 0 Å². The van der Waals surface area contributed by atoms with E-state index in [1.807, 2.05) is 0 Å². The van der Waals surface area contributed by atoms with E-state index < -0.39 is 16.1 Å². The molecular weight excluding hydrogens is 558 g/mol. The van der Waals surface area contributed by atoms with Crippen LogP contribution in [0.4, 0.5) is 16.3 Å². The van der Waals surface area contributed by atoms with E-state index >= 15 is 0 Å². The summed E-state index contributed by atoms with van der Waals surface area (Å²) in [4.78, 5) is 16.2. The number of aromatic nitrogens is 1. The van der Waals surface area contributed by atoms with Crippen LogP contribution in [0.5, 0.6) is 23.0 Å². The van der Waals surface area contributed by atoms with Crippen LogP contribution in [0.25, 0.3) is 0 Å². The molecule has 3 aromatic carbocycles. The Labute approximate surface area is 245 Å². The van der Waals surface area contributed by atoms with Crippen LogP contribution in [0.3, 0.4) is 0 Å². The second-order valence-electron chi connectivity index (χ2n) is 10.1. The van der Waals surface area contributed by atoms with Crippen LogP contribution in [-0.2, 0) is 20.2 Å². The molecule has 10 nitrogen and oxygen atoms in total. The smallest absolute Gasteiger partial charge is 0.412 e. The first kappa shape index (κ1) is 30.2. The average molecular weight is 592 g/mol. The van der Waals surface area contributed by atoms with Gasteiger partial charge in [-0.3, -0.25) is 10.0 Å². The molecule has 0 atom stereocenters.